The second-order valence-corrected chi connectivity index (χ2v) is 10.4. The van der Waals surface area contributed by atoms with E-state index < -0.39 is 23.2 Å². The van der Waals surface area contributed by atoms with Crippen molar-refractivity contribution in [1.82, 2.24) is 20.1 Å². The molecule has 0 saturated heterocycles. The summed E-state index contributed by atoms with van der Waals surface area (Å²) in [6.07, 6.45) is -2.89. The van der Waals surface area contributed by atoms with Gasteiger partial charge in [-0.3, -0.25) is 14.2 Å². The molecule has 0 unspecified atom stereocenters. The molecule has 0 atom stereocenters. The maximum Gasteiger partial charge on any atom is 0.417 e. The average Bonchev–Trinajstić information content (AvgIpc) is 3.41. The molecule has 0 radical (unpaired) electrons. The summed E-state index contributed by atoms with van der Waals surface area (Å²) in [5.74, 6) is 0.0649. The van der Waals surface area contributed by atoms with E-state index in [0.29, 0.717) is 29.7 Å². The molecule has 218 valence electrons. The number of amides is 2. The predicted molar refractivity (Wildman–Crippen MR) is 153 cm³/mol. The summed E-state index contributed by atoms with van der Waals surface area (Å²) in [6.45, 7) is 2.79. The second kappa shape index (κ2) is 12.7. The molecule has 4 aromatic rings. The number of anilines is 1. The molecule has 5 rings (SSSR count). The Morgan fingerprint density at radius 2 is 1.74 bits per heavy atom. The molecule has 1 aromatic heterocycles. The Morgan fingerprint density at radius 3 is 2.50 bits per heavy atom. The van der Waals surface area contributed by atoms with Crippen LogP contribution in [0.1, 0.15) is 40.7 Å². The summed E-state index contributed by atoms with van der Waals surface area (Å²) >= 11 is 1.20. The SMILES string of the molecule is CCOc1ccc(-n2c(CNC(=O)c3ccccc3C(F)(F)F)nnc2SCC(=O)N2CCCc3ccccc32)cc1. The zero-order valence-corrected chi connectivity index (χ0v) is 23.5. The topological polar surface area (TPSA) is 89.3 Å². The number of alkyl halides is 3. The van der Waals surface area contributed by atoms with Gasteiger partial charge in [0.1, 0.15) is 5.75 Å². The molecular weight excluding hydrogens is 567 g/mol. The molecule has 0 spiro atoms. The Hall–Kier alpha value is -4.32. The van der Waals surface area contributed by atoms with Crippen LogP contribution in [-0.4, -0.2) is 45.5 Å². The van der Waals surface area contributed by atoms with E-state index >= 15 is 0 Å². The summed E-state index contributed by atoms with van der Waals surface area (Å²) < 4.78 is 47.6. The van der Waals surface area contributed by atoms with Crippen LogP contribution in [0.15, 0.2) is 78.0 Å². The molecule has 0 bridgehead atoms. The van der Waals surface area contributed by atoms with Crippen molar-refractivity contribution < 1.29 is 27.5 Å². The van der Waals surface area contributed by atoms with E-state index in [4.69, 9.17) is 4.74 Å². The summed E-state index contributed by atoms with van der Waals surface area (Å²) in [4.78, 5) is 27.9. The monoisotopic (exact) mass is 595 g/mol. The predicted octanol–water partition coefficient (Wildman–Crippen LogP) is 5.69. The minimum Gasteiger partial charge on any atom is -0.494 e. The molecule has 0 aliphatic carbocycles. The molecule has 12 heteroatoms. The molecule has 1 N–H and O–H groups in total. The molecule has 2 amide bonds. The number of thioether (sulfide) groups is 1. The first kappa shape index (κ1) is 29.2. The van der Waals surface area contributed by atoms with Gasteiger partial charge in [-0.2, -0.15) is 13.2 Å². The molecule has 2 heterocycles. The van der Waals surface area contributed by atoms with E-state index in [0.717, 1.165) is 36.2 Å². The Bertz CT molecular complexity index is 1570. The number of fused-ring (bicyclic) bond motifs is 1. The van der Waals surface area contributed by atoms with Crippen molar-refractivity contribution >= 4 is 29.3 Å². The number of hydrogen-bond acceptors (Lipinski definition) is 6. The normalized spacial score (nSPS) is 13.0. The molecule has 0 fully saturated rings. The van der Waals surface area contributed by atoms with E-state index in [2.05, 4.69) is 15.5 Å². The zero-order valence-electron chi connectivity index (χ0n) is 22.7. The van der Waals surface area contributed by atoms with Gasteiger partial charge < -0.3 is 15.0 Å². The number of nitrogens with one attached hydrogen (secondary N) is 1. The van der Waals surface area contributed by atoms with Gasteiger partial charge in [-0.1, -0.05) is 42.1 Å². The quantitative estimate of drug-likeness (QED) is 0.250. The van der Waals surface area contributed by atoms with Crippen LogP contribution in [-0.2, 0) is 23.9 Å². The van der Waals surface area contributed by atoms with Crippen molar-refractivity contribution in [3.63, 3.8) is 0 Å². The van der Waals surface area contributed by atoms with Crippen LogP contribution in [0.4, 0.5) is 18.9 Å². The van der Waals surface area contributed by atoms with Crippen molar-refractivity contribution in [2.45, 2.75) is 37.6 Å². The fraction of sp³-hybridized carbons (Fsp3) is 0.267. The third-order valence-electron chi connectivity index (χ3n) is 6.73. The lowest BCUT2D eigenvalue weighted by molar-refractivity contribution is -0.138. The minimum absolute atomic E-state index is 0.0768. The Balaban J connectivity index is 1.38. The van der Waals surface area contributed by atoms with Gasteiger partial charge in [-0.15, -0.1) is 10.2 Å². The van der Waals surface area contributed by atoms with E-state index in [1.165, 1.54) is 23.9 Å². The smallest absolute Gasteiger partial charge is 0.417 e. The molecule has 1 aliphatic rings. The van der Waals surface area contributed by atoms with Crippen molar-refractivity contribution in [2.75, 3.05) is 23.8 Å². The fourth-order valence-electron chi connectivity index (χ4n) is 4.81. The first-order valence-corrected chi connectivity index (χ1v) is 14.4. The largest absolute Gasteiger partial charge is 0.494 e. The fourth-order valence-corrected chi connectivity index (χ4v) is 5.65. The zero-order chi connectivity index (χ0) is 29.7. The first-order valence-electron chi connectivity index (χ1n) is 13.4. The Kier molecular flexibility index (Phi) is 8.81. The van der Waals surface area contributed by atoms with Crippen molar-refractivity contribution in [1.29, 1.82) is 0 Å². The highest BCUT2D eigenvalue weighted by Crippen LogP contribution is 2.32. The highest BCUT2D eigenvalue weighted by molar-refractivity contribution is 7.99. The Labute approximate surface area is 244 Å². The number of nitrogens with zero attached hydrogens (tertiary/aromatic N) is 4. The van der Waals surface area contributed by atoms with Crippen LogP contribution in [0.3, 0.4) is 0 Å². The number of carbonyl (C=O) groups excluding carboxylic acids is 2. The first-order chi connectivity index (χ1) is 20.3. The standard InChI is InChI=1S/C30H28F3N5O3S/c1-2-41-22-15-13-21(14-16-22)38-26(18-34-28(40)23-10-4-5-11-24(23)30(31,32)33)35-36-29(38)42-19-27(39)37-17-7-9-20-8-3-6-12-25(20)37/h3-6,8,10-16H,2,7,9,17-19H2,1H3,(H,34,40). The van der Waals surface area contributed by atoms with Gasteiger partial charge in [0.15, 0.2) is 11.0 Å². The second-order valence-electron chi connectivity index (χ2n) is 9.45. The number of aromatic nitrogens is 3. The van der Waals surface area contributed by atoms with Gasteiger partial charge in [-0.25, -0.2) is 0 Å². The van der Waals surface area contributed by atoms with Gasteiger partial charge in [0.05, 0.1) is 30.0 Å². The van der Waals surface area contributed by atoms with E-state index in [-0.39, 0.29) is 24.0 Å². The lowest BCUT2D eigenvalue weighted by Gasteiger charge is -2.29. The highest BCUT2D eigenvalue weighted by atomic mass is 32.2. The number of rotatable bonds is 9. The van der Waals surface area contributed by atoms with Crippen molar-refractivity contribution in [3.05, 3.63) is 95.3 Å². The number of benzene rings is 3. The van der Waals surface area contributed by atoms with Gasteiger partial charge in [0.25, 0.3) is 5.91 Å². The third-order valence-corrected chi connectivity index (χ3v) is 7.64. The molecular formula is C30H28F3N5O3S. The maximum absolute atomic E-state index is 13.5. The number of carbonyl (C=O) groups is 2. The number of halogens is 3. The molecule has 3 aromatic carbocycles. The summed E-state index contributed by atoms with van der Waals surface area (Å²) in [5, 5.41) is 11.4. The van der Waals surface area contributed by atoms with Gasteiger partial charge in [-0.05, 0) is 67.8 Å². The number of ether oxygens (including phenoxy) is 1. The van der Waals surface area contributed by atoms with Crippen LogP contribution < -0.4 is 15.0 Å². The third kappa shape index (κ3) is 6.43. The molecule has 8 nitrogen and oxygen atoms in total. The summed E-state index contributed by atoms with van der Waals surface area (Å²) in [6, 6.07) is 19.5. The van der Waals surface area contributed by atoms with E-state index in [1.54, 1.807) is 33.7 Å². The summed E-state index contributed by atoms with van der Waals surface area (Å²) in [5.41, 5.74) is 1.17. The Morgan fingerprint density at radius 1 is 1.00 bits per heavy atom. The van der Waals surface area contributed by atoms with Crippen molar-refractivity contribution in [2.24, 2.45) is 0 Å². The lowest BCUT2D eigenvalue weighted by atomic mass is 10.0. The number of para-hydroxylation sites is 1. The van der Waals surface area contributed by atoms with Crippen LogP contribution in [0, 0.1) is 0 Å². The summed E-state index contributed by atoms with van der Waals surface area (Å²) in [7, 11) is 0. The molecule has 1 aliphatic heterocycles. The number of aryl methyl sites for hydroxylation is 1. The molecule has 42 heavy (non-hydrogen) atoms. The van der Waals surface area contributed by atoms with Gasteiger partial charge >= 0.3 is 6.18 Å². The number of hydrogen-bond donors (Lipinski definition) is 1. The maximum atomic E-state index is 13.5. The van der Waals surface area contributed by atoms with Gasteiger partial charge in [0, 0.05) is 17.9 Å². The lowest BCUT2D eigenvalue weighted by Crippen LogP contribution is -2.36. The van der Waals surface area contributed by atoms with Crippen LogP contribution >= 0.6 is 11.8 Å². The van der Waals surface area contributed by atoms with Gasteiger partial charge in [0.2, 0.25) is 5.91 Å². The highest BCUT2D eigenvalue weighted by Gasteiger charge is 2.35. The molecule has 0 saturated carbocycles. The van der Waals surface area contributed by atoms with Crippen LogP contribution in [0.25, 0.3) is 5.69 Å². The van der Waals surface area contributed by atoms with E-state index in [1.807, 2.05) is 31.2 Å². The van der Waals surface area contributed by atoms with Crippen LogP contribution in [0.2, 0.25) is 0 Å². The minimum atomic E-state index is -4.68. The van der Waals surface area contributed by atoms with E-state index in [9.17, 15) is 22.8 Å². The van der Waals surface area contributed by atoms with Crippen molar-refractivity contribution in [3.8, 4) is 11.4 Å². The van der Waals surface area contributed by atoms with Crippen LogP contribution in [0.5, 0.6) is 5.75 Å². The average molecular weight is 596 g/mol.